The van der Waals surface area contributed by atoms with Crippen molar-refractivity contribution in [2.24, 2.45) is 13.0 Å². The Morgan fingerprint density at radius 3 is 2.64 bits per heavy atom. The summed E-state index contributed by atoms with van der Waals surface area (Å²) < 4.78 is 1.68. The summed E-state index contributed by atoms with van der Waals surface area (Å²) in [6, 6.07) is 11.4. The van der Waals surface area contributed by atoms with Gasteiger partial charge in [-0.3, -0.25) is 14.3 Å². The molecule has 1 aliphatic rings. The fraction of sp³-hybridized carbons (Fsp3) is 0.333. The van der Waals surface area contributed by atoms with Crippen LogP contribution in [0.2, 0.25) is 0 Å². The van der Waals surface area contributed by atoms with E-state index in [-0.39, 0.29) is 17.9 Å². The minimum atomic E-state index is -0.794. The first-order valence-corrected chi connectivity index (χ1v) is 9.37. The lowest BCUT2D eigenvalue weighted by Gasteiger charge is -2.14. The highest BCUT2D eigenvalue weighted by atomic mass is 16.4. The van der Waals surface area contributed by atoms with E-state index in [4.69, 9.17) is 4.98 Å². The zero-order valence-electron chi connectivity index (χ0n) is 15.8. The van der Waals surface area contributed by atoms with Crippen LogP contribution in [0.4, 0.5) is 0 Å². The van der Waals surface area contributed by atoms with E-state index in [9.17, 15) is 14.7 Å². The molecule has 1 aliphatic carbocycles. The number of benzene rings is 1. The number of carboxylic acids is 1. The average molecular weight is 378 g/mol. The van der Waals surface area contributed by atoms with Gasteiger partial charge >= 0.3 is 5.97 Å². The minimum absolute atomic E-state index is 0.131. The number of nitrogens with zero attached hydrogens (tertiary/aromatic N) is 3. The van der Waals surface area contributed by atoms with Gasteiger partial charge in [-0.15, -0.1) is 0 Å². The van der Waals surface area contributed by atoms with Crippen molar-refractivity contribution in [2.45, 2.75) is 32.2 Å². The SMILES string of the molecule is Cc1nn(C)c2nc(-c3ccccc3)cc(C(=O)N[C@@H]3CC[C@H](C(=O)O)C3)c12. The number of rotatable bonds is 4. The first kappa shape index (κ1) is 18.2. The van der Waals surface area contributed by atoms with Gasteiger partial charge in [0.2, 0.25) is 0 Å². The second-order valence-electron chi connectivity index (χ2n) is 7.35. The Morgan fingerprint density at radius 2 is 1.96 bits per heavy atom. The van der Waals surface area contributed by atoms with Crippen LogP contribution in [0.15, 0.2) is 36.4 Å². The third-order valence-electron chi connectivity index (χ3n) is 5.40. The first-order chi connectivity index (χ1) is 13.4. The van der Waals surface area contributed by atoms with E-state index in [1.807, 2.05) is 44.3 Å². The maximum atomic E-state index is 13.1. The molecule has 28 heavy (non-hydrogen) atoms. The standard InChI is InChI=1S/C21H22N4O3/c1-12-18-16(20(26)22-15-9-8-14(10-15)21(27)28)11-17(13-6-4-3-5-7-13)23-19(18)25(2)24-12/h3-7,11,14-15H,8-10H2,1-2H3,(H,22,26)(H,27,28)/t14-,15+/m0/s1. The van der Waals surface area contributed by atoms with Crippen molar-refractivity contribution >= 4 is 22.9 Å². The number of fused-ring (bicyclic) bond motifs is 1. The van der Waals surface area contributed by atoms with E-state index >= 15 is 0 Å². The van der Waals surface area contributed by atoms with Gasteiger partial charge in [0.05, 0.1) is 28.3 Å². The summed E-state index contributed by atoms with van der Waals surface area (Å²) >= 11 is 0. The number of amides is 1. The van der Waals surface area contributed by atoms with Crippen molar-refractivity contribution in [2.75, 3.05) is 0 Å². The zero-order chi connectivity index (χ0) is 19.8. The molecule has 0 unspecified atom stereocenters. The Balaban J connectivity index is 1.73. The maximum absolute atomic E-state index is 13.1. The van der Waals surface area contributed by atoms with Crippen LogP contribution in [0.3, 0.4) is 0 Å². The molecule has 2 N–H and O–H groups in total. The van der Waals surface area contributed by atoms with Crippen molar-refractivity contribution in [1.29, 1.82) is 0 Å². The topological polar surface area (TPSA) is 97.1 Å². The second kappa shape index (κ2) is 7.07. The molecular weight excluding hydrogens is 356 g/mol. The van der Waals surface area contributed by atoms with Crippen LogP contribution in [0.25, 0.3) is 22.3 Å². The quantitative estimate of drug-likeness (QED) is 0.727. The van der Waals surface area contributed by atoms with E-state index in [0.29, 0.717) is 36.2 Å². The van der Waals surface area contributed by atoms with Gasteiger partial charge in [0, 0.05) is 18.7 Å². The number of aryl methyl sites for hydroxylation is 2. The lowest BCUT2D eigenvalue weighted by Crippen LogP contribution is -2.33. The number of carbonyl (C=O) groups excluding carboxylic acids is 1. The number of hydrogen-bond donors (Lipinski definition) is 2. The van der Waals surface area contributed by atoms with Crippen LogP contribution in [-0.2, 0) is 11.8 Å². The highest BCUT2D eigenvalue weighted by Gasteiger charge is 2.31. The Labute approximate surface area is 162 Å². The molecule has 1 amide bonds. The predicted molar refractivity (Wildman–Crippen MR) is 105 cm³/mol. The monoisotopic (exact) mass is 378 g/mol. The first-order valence-electron chi connectivity index (χ1n) is 9.37. The fourth-order valence-corrected chi connectivity index (χ4v) is 3.98. The van der Waals surface area contributed by atoms with E-state index in [0.717, 1.165) is 16.6 Å². The second-order valence-corrected chi connectivity index (χ2v) is 7.35. The van der Waals surface area contributed by atoms with Gasteiger partial charge in [-0.2, -0.15) is 5.10 Å². The number of aromatic nitrogens is 3. The summed E-state index contributed by atoms with van der Waals surface area (Å²) in [5, 5.41) is 17.4. The molecule has 4 rings (SSSR count). The van der Waals surface area contributed by atoms with E-state index < -0.39 is 5.97 Å². The number of hydrogen-bond acceptors (Lipinski definition) is 4. The molecule has 1 aromatic carbocycles. The smallest absolute Gasteiger partial charge is 0.306 e. The lowest BCUT2D eigenvalue weighted by atomic mass is 10.0. The Bertz CT molecular complexity index is 1060. The van der Waals surface area contributed by atoms with Gasteiger partial charge in [0.25, 0.3) is 5.91 Å². The largest absolute Gasteiger partial charge is 0.481 e. The van der Waals surface area contributed by atoms with Crippen molar-refractivity contribution in [3.05, 3.63) is 47.7 Å². The Kier molecular flexibility index (Phi) is 4.58. The van der Waals surface area contributed by atoms with Crippen LogP contribution in [0.5, 0.6) is 0 Å². The molecule has 0 spiro atoms. The molecule has 0 saturated heterocycles. The summed E-state index contributed by atoms with van der Waals surface area (Å²) in [5.41, 5.74) is 3.54. The lowest BCUT2D eigenvalue weighted by molar-refractivity contribution is -0.141. The van der Waals surface area contributed by atoms with Gasteiger partial charge < -0.3 is 10.4 Å². The molecule has 1 fully saturated rings. The van der Waals surface area contributed by atoms with Crippen LogP contribution < -0.4 is 5.32 Å². The van der Waals surface area contributed by atoms with Crippen molar-refractivity contribution in [3.63, 3.8) is 0 Å². The summed E-state index contributed by atoms with van der Waals surface area (Å²) in [4.78, 5) is 29.0. The van der Waals surface area contributed by atoms with Gasteiger partial charge in [-0.05, 0) is 32.3 Å². The van der Waals surface area contributed by atoms with E-state index in [1.165, 1.54) is 0 Å². The van der Waals surface area contributed by atoms with E-state index in [1.54, 1.807) is 10.7 Å². The van der Waals surface area contributed by atoms with Crippen LogP contribution >= 0.6 is 0 Å². The summed E-state index contributed by atoms with van der Waals surface area (Å²) in [5.74, 6) is -1.39. The number of nitrogens with one attached hydrogen (secondary N) is 1. The van der Waals surface area contributed by atoms with Crippen LogP contribution in [0, 0.1) is 12.8 Å². The molecule has 2 aromatic heterocycles. The van der Waals surface area contributed by atoms with Crippen molar-refractivity contribution < 1.29 is 14.7 Å². The van der Waals surface area contributed by atoms with Gasteiger partial charge in [-0.25, -0.2) is 4.98 Å². The fourth-order valence-electron chi connectivity index (χ4n) is 3.98. The average Bonchev–Trinajstić information content (AvgIpc) is 3.26. The molecule has 7 heteroatoms. The molecule has 2 heterocycles. The highest BCUT2D eigenvalue weighted by molar-refractivity contribution is 6.07. The molecule has 7 nitrogen and oxygen atoms in total. The normalized spacial score (nSPS) is 19.1. The molecule has 2 atom stereocenters. The van der Waals surface area contributed by atoms with Crippen molar-refractivity contribution in [1.82, 2.24) is 20.1 Å². The molecule has 1 saturated carbocycles. The Morgan fingerprint density at radius 1 is 1.21 bits per heavy atom. The summed E-state index contributed by atoms with van der Waals surface area (Å²) in [7, 11) is 1.81. The number of pyridine rings is 1. The zero-order valence-corrected chi connectivity index (χ0v) is 15.8. The molecule has 0 aliphatic heterocycles. The van der Waals surface area contributed by atoms with Gasteiger partial charge in [0.1, 0.15) is 0 Å². The third-order valence-corrected chi connectivity index (χ3v) is 5.40. The number of aliphatic carboxylic acids is 1. The molecular formula is C21H22N4O3. The predicted octanol–water partition coefficient (Wildman–Crippen LogP) is 2.93. The van der Waals surface area contributed by atoms with Gasteiger partial charge in [-0.1, -0.05) is 30.3 Å². The van der Waals surface area contributed by atoms with Crippen LogP contribution in [-0.4, -0.2) is 37.8 Å². The van der Waals surface area contributed by atoms with E-state index in [2.05, 4.69) is 10.4 Å². The molecule has 3 aromatic rings. The molecule has 144 valence electrons. The summed E-state index contributed by atoms with van der Waals surface area (Å²) in [6.07, 6.45) is 1.73. The van der Waals surface area contributed by atoms with Crippen molar-refractivity contribution in [3.8, 4) is 11.3 Å². The third kappa shape index (κ3) is 3.24. The number of carbonyl (C=O) groups is 2. The Hall–Kier alpha value is -3.22. The highest BCUT2D eigenvalue weighted by Crippen LogP contribution is 2.29. The number of carboxylic acid groups (broad SMARTS) is 1. The maximum Gasteiger partial charge on any atom is 0.306 e. The minimum Gasteiger partial charge on any atom is -0.481 e. The molecule has 0 radical (unpaired) electrons. The van der Waals surface area contributed by atoms with Crippen LogP contribution in [0.1, 0.15) is 35.3 Å². The summed E-state index contributed by atoms with van der Waals surface area (Å²) in [6.45, 7) is 1.86. The molecule has 0 bridgehead atoms. The van der Waals surface area contributed by atoms with Gasteiger partial charge in [0.15, 0.2) is 5.65 Å².